The molecular formula is C12H15NO4. The lowest BCUT2D eigenvalue weighted by atomic mass is 9.84. The zero-order valence-corrected chi connectivity index (χ0v) is 9.84. The number of carboxylic acids is 1. The third-order valence-electron chi connectivity index (χ3n) is 2.90. The second-order valence-corrected chi connectivity index (χ2v) is 4.58. The number of hydrogen-bond acceptors (Lipinski definition) is 4. The van der Waals surface area contributed by atoms with E-state index in [1.165, 1.54) is 0 Å². The fourth-order valence-corrected chi connectivity index (χ4v) is 1.70. The highest BCUT2D eigenvalue weighted by molar-refractivity contribution is 5.81. The SMILES string of the molecule is CC1(C)OCC(C(=O)O)(c2ccccn2)CO1. The van der Waals surface area contributed by atoms with Crippen LogP contribution in [-0.2, 0) is 19.7 Å². The molecule has 0 aromatic carbocycles. The van der Waals surface area contributed by atoms with Gasteiger partial charge in [0.25, 0.3) is 0 Å². The molecule has 2 rings (SSSR count). The molecule has 0 unspecified atom stereocenters. The van der Waals surface area contributed by atoms with E-state index in [2.05, 4.69) is 4.98 Å². The topological polar surface area (TPSA) is 68.7 Å². The minimum absolute atomic E-state index is 0.0619. The van der Waals surface area contributed by atoms with Gasteiger partial charge in [0.1, 0.15) is 0 Å². The van der Waals surface area contributed by atoms with Crippen molar-refractivity contribution in [3.63, 3.8) is 0 Å². The van der Waals surface area contributed by atoms with Gasteiger partial charge in [-0.05, 0) is 26.0 Å². The fraction of sp³-hybridized carbons (Fsp3) is 0.500. The van der Waals surface area contributed by atoms with Crippen LogP contribution in [0.4, 0.5) is 0 Å². The quantitative estimate of drug-likeness (QED) is 0.836. The number of aliphatic carboxylic acids is 1. The van der Waals surface area contributed by atoms with Crippen LogP contribution in [-0.4, -0.2) is 35.1 Å². The minimum atomic E-state index is -1.21. The number of carbonyl (C=O) groups is 1. The van der Waals surface area contributed by atoms with Crippen LogP contribution in [0.3, 0.4) is 0 Å². The monoisotopic (exact) mass is 237 g/mol. The van der Waals surface area contributed by atoms with Crippen molar-refractivity contribution in [1.29, 1.82) is 0 Å². The van der Waals surface area contributed by atoms with E-state index in [-0.39, 0.29) is 13.2 Å². The predicted octanol–water partition coefficient (Wildman–Crippen LogP) is 1.19. The van der Waals surface area contributed by atoms with Crippen molar-refractivity contribution in [1.82, 2.24) is 4.98 Å². The predicted molar refractivity (Wildman–Crippen MR) is 59.5 cm³/mol. The Labute approximate surface area is 99.4 Å². The summed E-state index contributed by atoms with van der Waals surface area (Å²) in [6.45, 7) is 3.65. The number of nitrogens with zero attached hydrogens (tertiary/aromatic N) is 1. The van der Waals surface area contributed by atoms with Crippen LogP contribution in [0.15, 0.2) is 24.4 Å². The summed E-state index contributed by atoms with van der Waals surface area (Å²) in [5.74, 6) is -1.72. The summed E-state index contributed by atoms with van der Waals surface area (Å²) in [6.07, 6.45) is 1.57. The van der Waals surface area contributed by atoms with Crippen LogP contribution in [0, 0.1) is 0 Å². The Bertz CT molecular complexity index is 406. The molecule has 5 heteroatoms. The highest BCUT2D eigenvalue weighted by Gasteiger charge is 2.48. The van der Waals surface area contributed by atoms with E-state index >= 15 is 0 Å². The fourth-order valence-electron chi connectivity index (χ4n) is 1.70. The zero-order chi connectivity index (χ0) is 12.5. The van der Waals surface area contributed by atoms with Crippen molar-refractivity contribution in [2.24, 2.45) is 0 Å². The molecule has 0 spiro atoms. The van der Waals surface area contributed by atoms with Crippen molar-refractivity contribution in [3.05, 3.63) is 30.1 Å². The van der Waals surface area contributed by atoms with Crippen LogP contribution in [0.5, 0.6) is 0 Å². The summed E-state index contributed by atoms with van der Waals surface area (Å²) >= 11 is 0. The molecule has 1 aromatic heterocycles. The van der Waals surface area contributed by atoms with Gasteiger partial charge in [0.2, 0.25) is 0 Å². The molecule has 1 saturated heterocycles. The zero-order valence-electron chi connectivity index (χ0n) is 9.84. The molecule has 5 nitrogen and oxygen atoms in total. The van der Waals surface area contributed by atoms with Gasteiger partial charge in [-0.3, -0.25) is 9.78 Å². The molecular weight excluding hydrogens is 222 g/mol. The Kier molecular flexibility index (Phi) is 2.89. The number of hydrogen-bond donors (Lipinski definition) is 1. The Morgan fingerprint density at radius 1 is 1.35 bits per heavy atom. The van der Waals surface area contributed by atoms with Gasteiger partial charge < -0.3 is 14.6 Å². The van der Waals surface area contributed by atoms with Gasteiger partial charge in [0, 0.05) is 6.20 Å². The highest BCUT2D eigenvalue weighted by Crippen LogP contribution is 2.32. The second kappa shape index (κ2) is 4.09. The maximum Gasteiger partial charge on any atom is 0.320 e. The van der Waals surface area contributed by atoms with Gasteiger partial charge in [-0.2, -0.15) is 0 Å². The molecule has 2 heterocycles. The molecule has 92 valence electrons. The van der Waals surface area contributed by atoms with Crippen LogP contribution in [0.25, 0.3) is 0 Å². The largest absolute Gasteiger partial charge is 0.480 e. The first-order chi connectivity index (χ1) is 7.96. The lowest BCUT2D eigenvalue weighted by molar-refractivity contribution is -0.269. The number of carboxylic acid groups (broad SMARTS) is 1. The van der Waals surface area contributed by atoms with Gasteiger partial charge in [-0.25, -0.2) is 0 Å². The van der Waals surface area contributed by atoms with Crippen molar-refractivity contribution in [2.45, 2.75) is 25.0 Å². The number of rotatable bonds is 2. The molecule has 0 bridgehead atoms. The molecule has 0 amide bonds. The Morgan fingerprint density at radius 2 is 2.00 bits per heavy atom. The summed E-state index contributed by atoms with van der Waals surface area (Å²) in [5, 5.41) is 9.41. The molecule has 1 aliphatic heterocycles. The van der Waals surface area contributed by atoms with Crippen molar-refractivity contribution >= 4 is 5.97 Å². The number of aromatic nitrogens is 1. The van der Waals surface area contributed by atoms with Crippen molar-refractivity contribution in [2.75, 3.05) is 13.2 Å². The maximum atomic E-state index is 11.5. The van der Waals surface area contributed by atoms with E-state index in [1.807, 2.05) is 0 Å². The number of pyridine rings is 1. The van der Waals surface area contributed by atoms with E-state index in [1.54, 1.807) is 38.2 Å². The molecule has 1 N–H and O–H groups in total. The summed E-state index contributed by atoms with van der Waals surface area (Å²) in [6, 6.07) is 5.18. The van der Waals surface area contributed by atoms with E-state index in [4.69, 9.17) is 9.47 Å². The Hall–Kier alpha value is -1.46. The average molecular weight is 237 g/mol. The molecule has 0 aliphatic carbocycles. The maximum absolute atomic E-state index is 11.5. The number of ether oxygens (including phenoxy) is 2. The van der Waals surface area contributed by atoms with E-state index < -0.39 is 17.2 Å². The first-order valence-corrected chi connectivity index (χ1v) is 5.39. The minimum Gasteiger partial charge on any atom is -0.480 e. The lowest BCUT2D eigenvalue weighted by Crippen LogP contribution is -2.54. The van der Waals surface area contributed by atoms with Gasteiger partial charge in [0.05, 0.1) is 18.9 Å². The van der Waals surface area contributed by atoms with Gasteiger partial charge >= 0.3 is 5.97 Å². The Morgan fingerprint density at radius 3 is 2.47 bits per heavy atom. The second-order valence-electron chi connectivity index (χ2n) is 4.58. The van der Waals surface area contributed by atoms with Crippen LogP contribution < -0.4 is 0 Å². The van der Waals surface area contributed by atoms with Crippen molar-refractivity contribution in [3.8, 4) is 0 Å². The summed E-state index contributed by atoms with van der Waals surface area (Å²) in [4.78, 5) is 15.6. The first-order valence-electron chi connectivity index (χ1n) is 5.39. The first kappa shape index (κ1) is 12.0. The van der Waals surface area contributed by atoms with Gasteiger partial charge in [-0.1, -0.05) is 6.07 Å². The van der Waals surface area contributed by atoms with Gasteiger partial charge in [-0.15, -0.1) is 0 Å². The molecule has 1 aromatic rings. The molecule has 0 atom stereocenters. The molecule has 0 saturated carbocycles. The van der Waals surface area contributed by atoms with Crippen LogP contribution in [0.1, 0.15) is 19.5 Å². The van der Waals surface area contributed by atoms with E-state index in [0.717, 1.165) is 0 Å². The molecule has 1 fully saturated rings. The van der Waals surface area contributed by atoms with E-state index in [9.17, 15) is 9.90 Å². The standard InChI is InChI=1S/C12H15NO4/c1-11(2)16-7-12(8-17-11,10(14)15)9-5-3-4-6-13-9/h3-6H,7-8H2,1-2H3,(H,14,15). The summed E-state index contributed by atoms with van der Waals surface area (Å²) < 4.78 is 10.9. The molecule has 0 radical (unpaired) electrons. The molecule has 1 aliphatic rings. The summed E-state index contributed by atoms with van der Waals surface area (Å²) in [5.41, 5.74) is -0.750. The molecule has 17 heavy (non-hydrogen) atoms. The van der Waals surface area contributed by atoms with Crippen molar-refractivity contribution < 1.29 is 19.4 Å². The third-order valence-corrected chi connectivity index (χ3v) is 2.90. The van der Waals surface area contributed by atoms with Gasteiger partial charge in [0.15, 0.2) is 11.2 Å². The average Bonchev–Trinajstić information content (AvgIpc) is 2.30. The summed E-state index contributed by atoms with van der Waals surface area (Å²) in [7, 11) is 0. The normalized spacial score (nSPS) is 22.0. The highest BCUT2D eigenvalue weighted by atomic mass is 16.7. The third kappa shape index (κ3) is 2.16. The van der Waals surface area contributed by atoms with Crippen LogP contribution in [0.2, 0.25) is 0 Å². The lowest BCUT2D eigenvalue weighted by Gasteiger charge is -2.40. The van der Waals surface area contributed by atoms with E-state index in [0.29, 0.717) is 5.69 Å². The smallest absolute Gasteiger partial charge is 0.320 e. The Balaban J connectivity index is 2.33. The van der Waals surface area contributed by atoms with Crippen LogP contribution >= 0.6 is 0 Å².